The summed E-state index contributed by atoms with van der Waals surface area (Å²) in [6.45, 7) is 14.0. The lowest BCUT2D eigenvalue weighted by Crippen LogP contribution is -2.20. The molecule has 0 heterocycles. The van der Waals surface area contributed by atoms with Gasteiger partial charge in [0, 0.05) is 22.9 Å². The average Bonchev–Trinajstić information content (AvgIpc) is 2.81. The molecular formula is C31H33ClN2. The first kappa shape index (κ1) is 23.9. The number of para-hydroxylation sites is 1. The van der Waals surface area contributed by atoms with Gasteiger partial charge in [-0.05, 0) is 100 Å². The molecule has 0 saturated carbocycles. The number of hydrogen-bond donors (Lipinski definition) is 0. The Hall–Kier alpha value is -3.23. The van der Waals surface area contributed by atoms with Crippen molar-refractivity contribution < 1.29 is 0 Å². The fraction of sp³-hybridized carbons (Fsp3) is 0.226. The van der Waals surface area contributed by atoms with Crippen molar-refractivity contribution in [2.75, 3.05) is 16.3 Å². The summed E-state index contributed by atoms with van der Waals surface area (Å²) in [5.41, 5.74) is 12.0. The second-order valence-corrected chi connectivity index (χ2v) is 9.45. The smallest absolute Gasteiger partial charge is 0.0520 e. The summed E-state index contributed by atoms with van der Waals surface area (Å²) in [4.78, 5) is 4.76. The Morgan fingerprint density at radius 2 is 1.29 bits per heavy atom. The molecular weight excluding hydrogens is 436 g/mol. The van der Waals surface area contributed by atoms with Crippen LogP contribution in [0.25, 0.3) is 0 Å². The minimum Gasteiger partial charge on any atom is -0.341 e. The van der Waals surface area contributed by atoms with Crippen LogP contribution in [-0.4, -0.2) is 6.54 Å². The lowest BCUT2D eigenvalue weighted by atomic mass is 10.00. The van der Waals surface area contributed by atoms with Crippen molar-refractivity contribution in [3.8, 4) is 0 Å². The molecule has 3 heteroatoms. The molecule has 4 aromatic rings. The molecule has 0 spiro atoms. The monoisotopic (exact) mass is 468 g/mol. The van der Waals surface area contributed by atoms with Gasteiger partial charge < -0.3 is 9.80 Å². The van der Waals surface area contributed by atoms with Gasteiger partial charge in [0.1, 0.15) is 0 Å². The summed E-state index contributed by atoms with van der Waals surface area (Å²) in [6.07, 6.45) is 0. The maximum Gasteiger partial charge on any atom is 0.0520 e. The van der Waals surface area contributed by atoms with Crippen molar-refractivity contribution in [1.82, 2.24) is 0 Å². The molecule has 174 valence electrons. The van der Waals surface area contributed by atoms with Gasteiger partial charge in [0.2, 0.25) is 0 Å². The zero-order valence-corrected chi connectivity index (χ0v) is 21.7. The lowest BCUT2D eigenvalue weighted by molar-refractivity contribution is 1.01. The molecule has 0 aliphatic carbocycles. The highest BCUT2D eigenvalue weighted by atomic mass is 35.5. The third-order valence-corrected chi connectivity index (χ3v) is 6.70. The van der Waals surface area contributed by atoms with Gasteiger partial charge in [-0.3, -0.25) is 0 Å². The lowest BCUT2D eigenvalue weighted by Gasteiger charge is -2.34. The Kier molecular flexibility index (Phi) is 7.00. The van der Waals surface area contributed by atoms with Crippen molar-refractivity contribution in [3.63, 3.8) is 0 Å². The highest BCUT2D eigenvalue weighted by Gasteiger charge is 2.23. The summed E-state index contributed by atoms with van der Waals surface area (Å²) in [5, 5.41) is 0.737. The van der Waals surface area contributed by atoms with Gasteiger partial charge >= 0.3 is 0 Å². The summed E-state index contributed by atoms with van der Waals surface area (Å²) in [6, 6.07) is 27.9. The minimum atomic E-state index is 0.737. The third-order valence-electron chi connectivity index (χ3n) is 6.46. The number of hydrogen-bond acceptors (Lipinski definition) is 2. The van der Waals surface area contributed by atoms with Crippen LogP contribution in [0.2, 0.25) is 5.02 Å². The van der Waals surface area contributed by atoms with Gasteiger partial charge in [0.05, 0.1) is 17.1 Å². The van der Waals surface area contributed by atoms with Gasteiger partial charge in [-0.15, -0.1) is 0 Å². The largest absolute Gasteiger partial charge is 0.341 e. The molecule has 0 aromatic heterocycles. The summed E-state index contributed by atoms with van der Waals surface area (Å²) >= 11 is 6.53. The van der Waals surface area contributed by atoms with Gasteiger partial charge in [-0.1, -0.05) is 59.6 Å². The Labute approximate surface area is 209 Å². The van der Waals surface area contributed by atoms with E-state index in [1.165, 1.54) is 44.9 Å². The van der Waals surface area contributed by atoms with Crippen LogP contribution in [0.3, 0.4) is 0 Å². The van der Waals surface area contributed by atoms with E-state index in [1.807, 2.05) is 6.07 Å². The molecule has 0 bridgehead atoms. The molecule has 0 N–H and O–H groups in total. The van der Waals surface area contributed by atoms with E-state index in [4.69, 9.17) is 11.6 Å². The molecule has 0 unspecified atom stereocenters. The van der Waals surface area contributed by atoms with Crippen LogP contribution in [0.4, 0.5) is 28.4 Å². The number of nitrogens with zero attached hydrogens (tertiary/aromatic N) is 2. The standard InChI is InChI=1S/C31H33ClN2/c1-7-33(27-12-9-8-10-13-27)28-14-11-15-29(25(28)6)34(30-20-26(32)17-16-22(30)3)31-23(4)18-21(2)19-24(31)5/h8-20H,7H2,1-6H3. The van der Waals surface area contributed by atoms with Crippen molar-refractivity contribution in [2.45, 2.75) is 41.5 Å². The molecule has 0 saturated heterocycles. The van der Waals surface area contributed by atoms with E-state index in [1.54, 1.807) is 0 Å². The van der Waals surface area contributed by atoms with E-state index in [0.717, 1.165) is 22.9 Å². The Morgan fingerprint density at radius 1 is 0.647 bits per heavy atom. The SMILES string of the molecule is CCN(c1ccccc1)c1cccc(N(c2cc(Cl)ccc2C)c2c(C)cc(C)cc2C)c1C. The van der Waals surface area contributed by atoms with E-state index < -0.39 is 0 Å². The summed E-state index contributed by atoms with van der Waals surface area (Å²) in [7, 11) is 0. The average molecular weight is 469 g/mol. The quantitative estimate of drug-likeness (QED) is 0.278. The molecule has 2 nitrogen and oxygen atoms in total. The predicted octanol–water partition coefficient (Wildman–Crippen LogP) is 9.51. The van der Waals surface area contributed by atoms with E-state index in [9.17, 15) is 0 Å². The maximum atomic E-state index is 6.53. The van der Waals surface area contributed by atoms with Crippen molar-refractivity contribution in [2.24, 2.45) is 0 Å². The molecule has 0 aliphatic heterocycles. The van der Waals surface area contributed by atoms with Crippen LogP contribution >= 0.6 is 11.6 Å². The summed E-state index contributed by atoms with van der Waals surface area (Å²) < 4.78 is 0. The maximum absolute atomic E-state index is 6.53. The van der Waals surface area contributed by atoms with E-state index in [0.29, 0.717) is 0 Å². The van der Waals surface area contributed by atoms with Crippen LogP contribution in [0.5, 0.6) is 0 Å². The molecule has 0 fully saturated rings. The van der Waals surface area contributed by atoms with Gasteiger partial charge in [-0.2, -0.15) is 0 Å². The molecule has 0 atom stereocenters. The van der Waals surface area contributed by atoms with Crippen LogP contribution in [-0.2, 0) is 0 Å². The van der Waals surface area contributed by atoms with Gasteiger partial charge in [-0.25, -0.2) is 0 Å². The number of halogens is 1. The minimum absolute atomic E-state index is 0.737. The highest BCUT2D eigenvalue weighted by molar-refractivity contribution is 6.31. The molecule has 4 rings (SSSR count). The Morgan fingerprint density at radius 3 is 1.94 bits per heavy atom. The normalized spacial score (nSPS) is 10.9. The number of rotatable bonds is 6. The topological polar surface area (TPSA) is 6.48 Å². The first-order valence-electron chi connectivity index (χ1n) is 11.9. The van der Waals surface area contributed by atoms with Crippen LogP contribution in [0.15, 0.2) is 78.9 Å². The Balaban J connectivity index is 1.99. The second kappa shape index (κ2) is 9.95. The van der Waals surface area contributed by atoms with Crippen molar-refractivity contribution in [1.29, 1.82) is 0 Å². The zero-order valence-electron chi connectivity index (χ0n) is 21.0. The van der Waals surface area contributed by atoms with Crippen molar-refractivity contribution in [3.05, 3.63) is 112 Å². The molecule has 0 aliphatic rings. The first-order valence-corrected chi connectivity index (χ1v) is 12.3. The molecule has 0 amide bonds. The number of benzene rings is 4. The molecule has 0 radical (unpaired) electrons. The van der Waals surface area contributed by atoms with E-state index >= 15 is 0 Å². The highest BCUT2D eigenvalue weighted by Crippen LogP contribution is 2.45. The fourth-order valence-corrected chi connectivity index (χ4v) is 5.13. The number of anilines is 5. The Bertz CT molecular complexity index is 1290. The molecule has 4 aromatic carbocycles. The van der Waals surface area contributed by atoms with E-state index in [2.05, 4.69) is 124 Å². The third kappa shape index (κ3) is 4.56. The predicted molar refractivity (Wildman–Crippen MR) is 149 cm³/mol. The number of aryl methyl sites for hydroxylation is 4. The van der Waals surface area contributed by atoms with Crippen LogP contribution < -0.4 is 9.80 Å². The zero-order chi connectivity index (χ0) is 24.4. The van der Waals surface area contributed by atoms with Crippen LogP contribution in [0, 0.1) is 34.6 Å². The fourth-order valence-electron chi connectivity index (χ4n) is 4.97. The molecule has 34 heavy (non-hydrogen) atoms. The van der Waals surface area contributed by atoms with Crippen molar-refractivity contribution >= 4 is 40.0 Å². The summed E-state index contributed by atoms with van der Waals surface area (Å²) in [5.74, 6) is 0. The van der Waals surface area contributed by atoms with E-state index in [-0.39, 0.29) is 0 Å². The van der Waals surface area contributed by atoms with Crippen LogP contribution in [0.1, 0.15) is 34.7 Å². The first-order chi connectivity index (χ1) is 16.3. The second-order valence-electron chi connectivity index (χ2n) is 9.01. The van der Waals surface area contributed by atoms with Gasteiger partial charge in [0.15, 0.2) is 0 Å². The van der Waals surface area contributed by atoms with Gasteiger partial charge in [0.25, 0.3) is 0 Å².